The molecule has 0 amide bonds. The van der Waals surface area contributed by atoms with Crippen molar-refractivity contribution in [3.05, 3.63) is 12.4 Å². The lowest BCUT2D eigenvalue weighted by molar-refractivity contribution is 0.190. The molecular weight excluding hydrogens is 214 g/mol. The SMILES string of the molecule is COCCCn1ccnc1NCCC(C)(C)C. The predicted molar refractivity (Wildman–Crippen MR) is 71.3 cm³/mol. The van der Waals surface area contributed by atoms with Crippen molar-refractivity contribution >= 4 is 5.95 Å². The number of hydrogen-bond donors (Lipinski definition) is 1. The quantitative estimate of drug-likeness (QED) is 0.744. The lowest BCUT2D eigenvalue weighted by Gasteiger charge is -2.18. The number of hydrogen-bond acceptors (Lipinski definition) is 3. The van der Waals surface area contributed by atoms with Crippen molar-refractivity contribution in [3.63, 3.8) is 0 Å². The predicted octanol–water partition coefficient (Wildman–Crippen LogP) is 2.77. The smallest absolute Gasteiger partial charge is 0.202 e. The second kappa shape index (κ2) is 6.64. The molecule has 1 N–H and O–H groups in total. The Bertz CT molecular complexity index is 315. The molecule has 4 heteroatoms. The van der Waals surface area contributed by atoms with Gasteiger partial charge in [0.1, 0.15) is 0 Å². The Hall–Kier alpha value is -1.03. The van der Waals surface area contributed by atoms with E-state index in [0.29, 0.717) is 5.41 Å². The maximum atomic E-state index is 5.05. The molecule has 17 heavy (non-hydrogen) atoms. The minimum absolute atomic E-state index is 0.362. The van der Waals surface area contributed by atoms with Gasteiger partial charge in [-0.2, -0.15) is 0 Å². The summed E-state index contributed by atoms with van der Waals surface area (Å²) in [5.41, 5.74) is 0.362. The first-order valence-electron chi connectivity index (χ1n) is 6.27. The summed E-state index contributed by atoms with van der Waals surface area (Å²) in [7, 11) is 1.73. The van der Waals surface area contributed by atoms with Crippen LogP contribution >= 0.6 is 0 Å². The third kappa shape index (κ3) is 5.73. The number of nitrogens with zero attached hydrogens (tertiary/aromatic N) is 2. The standard InChI is InChI=1S/C13H25N3O/c1-13(2,3)6-7-14-12-15-8-10-16(12)9-5-11-17-4/h8,10H,5-7,9,11H2,1-4H3,(H,14,15). The summed E-state index contributed by atoms with van der Waals surface area (Å²) >= 11 is 0. The van der Waals surface area contributed by atoms with Crippen molar-refractivity contribution < 1.29 is 4.74 Å². The van der Waals surface area contributed by atoms with E-state index in [0.717, 1.165) is 38.5 Å². The highest BCUT2D eigenvalue weighted by Crippen LogP contribution is 2.18. The molecule has 0 aromatic carbocycles. The second-order valence-corrected chi connectivity index (χ2v) is 5.53. The Labute approximate surface area is 104 Å². The van der Waals surface area contributed by atoms with Gasteiger partial charge in [-0.1, -0.05) is 20.8 Å². The van der Waals surface area contributed by atoms with E-state index in [1.807, 2.05) is 12.4 Å². The minimum atomic E-state index is 0.362. The summed E-state index contributed by atoms with van der Waals surface area (Å²) in [4.78, 5) is 4.33. The zero-order valence-corrected chi connectivity index (χ0v) is 11.5. The fourth-order valence-corrected chi connectivity index (χ4v) is 1.59. The summed E-state index contributed by atoms with van der Waals surface area (Å²) < 4.78 is 7.19. The van der Waals surface area contributed by atoms with Crippen molar-refractivity contribution in [3.8, 4) is 0 Å². The van der Waals surface area contributed by atoms with Crippen LogP contribution in [0.25, 0.3) is 0 Å². The van der Waals surface area contributed by atoms with Gasteiger partial charge >= 0.3 is 0 Å². The molecule has 0 spiro atoms. The van der Waals surface area contributed by atoms with Crippen LogP contribution in [0.1, 0.15) is 33.6 Å². The minimum Gasteiger partial charge on any atom is -0.385 e. The van der Waals surface area contributed by atoms with Crippen molar-refractivity contribution in [2.75, 3.05) is 25.6 Å². The molecule has 1 heterocycles. The van der Waals surface area contributed by atoms with E-state index in [4.69, 9.17) is 4.74 Å². The summed E-state index contributed by atoms with van der Waals surface area (Å²) in [5.74, 6) is 0.963. The third-order valence-electron chi connectivity index (χ3n) is 2.62. The Morgan fingerprint density at radius 1 is 1.41 bits per heavy atom. The first kappa shape index (κ1) is 14.0. The Kier molecular flexibility index (Phi) is 5.48. The topological polar surface area (TPSA) is 39.1 Å². The summed E-state index contributed by atoms with van der Waals surface area (Å²) in [6.45, 7) is 9.45. The van der Waals surface area contributed by atoms with Crippen LogP contribution in [-0.4, -0.2) is 29.8 Å². The monoisotopic (exact) mass is 239 g/mol. The molecule has 0 saturated carbocycles. The number of rotatable bonds is 7. The molecule has 4 nitrogen and oxygen atoms in total. The molecule has 1 aromatic heterocycles. The Morgan fingerprint density at radius 2 is 2.18 bits per heavy atom. The highest BCUT2D eigenvalue weighted by Gasteiger charge is 2.10. The molecular formula is C13H25N3O. The molecule has 0 aliphatic carbocycles. The van der Waals surface area contributed by atoms with Crippen LogP contribution in [0.2, 0.25) is 0 Å². The number of ether oxygens (including phenoxy) is 1. The van der Waals surface area contributed by atoms with Gasteiger partial charge in [0.2, 0.25) is 5.95 Å². The van der Waals surface area contributed by atoms with E-state index in [9.17, 15) is 0 Å². The van der Waals surface area contributed by atoms with E-state index in [-0.39, 0.29) is 0 Å². The average Bonchev–Trinajstić information content (AvgIpc) is 2.64. The van der Waals surface area contributed by atoms with Gasteiger partial charge < -0.3 is 14.6 Å². The number of anilines is 1. The van der Waals surface area contributed by atoms with Gasteiger partial charge in [-0.25, -0.2) is 4.98 Å². The van der Waals surface area contributed by atoms with E-state index in [1.54, 1.807) is 7.11 Å². The molecule has 98 valence electrons. The van der Waals surface area contributed by atoms with Gasteiger partial charge in [0.05, 0.1) is 0 Å². The molecule has 0 saturated heterocycles. The number of imidazole rings is 1. The van der Waals surface area contributed by atoms with Crippen molar-refractivity contribution in [2.24, 2.45) is 5.41 Å². The van der Waals surface area contributed by atoms with Crippen molar-refractivity contribution in [2.45, 2.75) is 40.2 Å². The van der Waals surface area contributed by atoms with Crippen molar-refractivity contribution in [1.29, 1.82) is 0 Å². The number of nitrogens with one attached hydrogen (secondary N) is 1. The number of aromatic nitrogens is 2. The largest absolute Gasteiger partial charge is 0.385 e. The summed E-state index contributed by atoms with van der Waals surface area (Å²) in [6.07, 6.45) is 6.00. The first-order valence-corrected chi connectivity index (χ1v) is 6.27. The first-order chi connectivity index (χ1) is 8.03. The summed E-state index contributed by atoms with van der Waals surface area (Å²) in [6, 6.07) is 0. The van der Waals surface area contributed by atoms with Crippen LogP contribution in [0.5, 0.6) is 0 Å². The third-order valence-corrected chi connectivity index (χ3v) is 2.62. The van der Waals surface area contributed by atoms with Crippen LogP contribution in [0.3, 0.4) is 0 Å². The van der Waals surface area contributed by atoms with Gasteiger partial charge in [-0.05, 0) is 18.3 Å². The Morgan fingerprint density at radius 3 is 2.82 bits per heavy atom. The van der Waals surface area contributed by atoms with Crippen LogP contribution in [0.4, 0.5) is 5.95 Å². The lowest BCUT2D eigenvalue weighted by Crippen LogP contribution is -2.15. The van der Waals surface area contributed by atoms with Gasteiger partial charge in [0, 0.05) is 39.2 Å². The molecule has 1 aromatic rings. The fourth-order valence-electron chi connectivity index (χ4n) is 1.59. The molecule has 0 bridgehead atoms. The molecule has 0 radical (unpaired) electrons. The number of methoxy groups -OCH3 is 1. The number of aryl methyl sites for hydroxylation is 1. The highest BCUT2D eigenvalue weighted by molar-refractivity contribution is 5.25. The van der Waals surface area contributed by atoms with E-state index in [2.05, 4.69) is 35.6 Å². The van der Waals surface area contributed by atoms with Gasteiger partial charge in [-0.15, -0.1) is 0 Å². The zero-order valence-electron chi connectivity index (χ0n) is 11.5. The van der Waals surface area contributed by atoms with E-state index in [1.165, 1.54) is 0 Å². The van der Waals surface area contributed by atoms with Gasteiger partial charge in [0.25, 0.3) is 0 Å². The molecule has 0 fully saturated rings. The maximum absolute atomic E-state index is 5.05. The van der Waals surface area contributed by atoms with Crippen LogP contribution < -0.4 is 5.32 Å². The molecule has 0 aliphatic heterocycles. The fraction of sp³-hybridized carbons (Fsp3) is 0.769. The van der Waals surface area contributed by atoms with Gasteiger partial charge in [0.15, 0.2) is 0 Å². The maximum Gasteiger partial charge on any atom is 0.202 e. The highest BCUT2D eigenvalue weighted by atomic mass is 16.5. The molecule has 1 rings (SSSR count). The Balaban J connectivity index is 2.35. The van der Waals surface area contributed by atoms with Crippen LogP contribution in [0, 0.1) is 5.41 Å². The lowest BCUT2D eigenvalue weighted by atomic mass is 9.92. The zero-order chi connectivity index (χ0) is 12.7. The average molecular weight is 239 g/mol. The van der Waals surface area contributed by atoms with E-state index >= 15 is 0 Å². The van der Waals surface area contributed by atoms with E-state index < -0.39 is 0 Å². The van der Waals surface area contributed by atoms with Crippen molar-refractivity contribution in [1.82, 2.24) is 9.55 Å². The second-order valence-electron chi connectivity index (χ2n) is 5.53. The summed E-state index contributed by atoms with van der Waals surface area (Å²) in [5, 5.41) is 3.39. The molecule has 0 unspecified atom stereocenters. The normalized spacial score (nSPS) is 11.8. The van der Waals surface area contributed by atoms with Crippen LogP contribution in [-0.2, 0) is 11.3 Å². The molecule has 0 aliphatic rings. The van der Waals surface area contributed by atoms with Gasteiger partial charge in [-0.3, -0.25) is 0 Å². The molecule has 0 atom stereocenters. The van der Waals surface area contributed by atoms with Crippen LogP contribution in [0.15, 0.2) is 12.4 Å².